The smallest absolute Gasteiger partial charge is 0.252 e. The first-order chi connectivity index (χ1) is 7.53. The van der Waals surface area contributed by atoms with Crippen LogP contribution in [0.25, 0.3) is 0 Å². The second-order valence-electron chi connectivity index (χ2n) is 3.49. The van der Waals surface area contributed by atoms with E-state index in [9.17, 15) is 8.42 Å². The normalized spacial score (nSPS) is 11.6. The van der Waals surface area contributed by atoms with Crippen LogP contribution >= 0.6 is 0 Å². The first kappa shape index (κ1) is 13.2. The van der Waals surface area contributed by atoms with Crippen LogP contribution in [0.4, 0.5) is 0 Å². The van der Waals surface area contributed by atoms with Crippen molar-refractivity contribution in [1.82, 2.24) is 0 Å². The standard InChI is InChI=1S/C11H16O4S/c1-10-5-7-11(8-6-10)4-3-9-15-16(12,13)14-2/h5-8H,3-4,9H2,1-2H3. The van der Waals surface area contributed by atoms with E-state index in [4.69, 9.17) is 0 Å². The van der Waals surface area contributed by atoms with Gasteiger partial charge in [0.25, 0.3) is 0 Å². The zero-order chi connectivity index (χ0) is 12.0. The number of benzene rings is 1. The molecule has 0 saturated carbocycles. The zero-order valence-corrected chi connectivity index (χ0v) is 10.3. The fourth-order valence-electron chi connectivity index (χ4n) is 1.24. The van der Waals surface area contributed by atoms with Gasteiger partial charge in [-0.15, -0.1) is 0 Å². The van der Waals surface area contributed by atoms with E-state index in [2.05, 4.69) is 8.37 Å². The summed E-state index contributed by atoms with van der Waals surface area (Å²) in [6.07, 6.45) is 1.44. The minimum atomic E-state index is -3.78. The summed E-state index contributed by atoms with van der Waals surface area (Å²) in [7, 11) is -2.70. The molecule has 0 spiro atoms. The Balaban J connectivity index is 2.29. The van der Waals surface area contributed by atoms with Gasteiger partial charge in [0.05, 0.1) is 13.7 Å². The van der Waals surface area contributed by atoms with Crippen LogP contribution in [-0.2, 0) is 25.2 Å². The molecule has 0 aliphatic rings. The lowest BCUT2D eigenvalue weighted by Crippen LogP contribution is -2.08. The summed E-state index contributed by atoms with van der Waals surface area (Å²) in [4.78, 5) is 0. The summed E-state index contributed by atoms with van der Waals surface area (Å²) in [5.74, 6) is 0. The Morgan fingerprint density at radius 2 is 1.81 bits per heavy atom. The first-order valence-electron chi connectivity index (χ1n) is 5.04. The predicted octanol–water partition coefficient (Wildman–Crippen LogP) is 1.84. The van der Waals surface area contributed by atoms with E-state index >= 15 is 0 Å². The molecule has 1 rings (SSSR count). The molecule has 0 saturated heterocycles. The maximum Gasteiger partial charge on any atom is 0.399 e. The Kier molecular flexibility index (Phi) is 4.92. The maximum atomic E-state index is 10.8. The molecule has 1 aromatic rings. The number of hydrogen-bond acceptors (Lipinski definition) is 4. The number of rotatable bonds is 6. The van der Waals surface area contributed by atoms with Crippen molar-refractivity contribution in [1.29, 1.82) is 0 Å². The highest BCUT2D eigenvalue weighted by atomic mass is 32.3. The van der Waals surface area contributed by atoms with Crippen molar-refractivity contribution >= 4 is 10.4 Å². The van der Waals surface area contributed by atoms with E-state index in [0.717, 1.165) is 13.5 Å². The molecule has 0 N–H and O–H groups in total. The van der Waals surface area contributed by atoms with Crippen LogP contribution in [0.15, 0.2) is 24.3 Å². The summed E-state index contributed by atoms with van der Waals surface area (Å²) in [6.45, 7) is 2.17. The molecule has 0 aromatic heterocycles. The lowest BCUT2D eigenvalue weighted by molar-refractivity contribution is 0.241. The average Bonchev–Trinajstić information content (AvgIpc) is 2.27. The Morgan fingerprint density at radius 1 is 1.19 bits per heavy atom. The van der Waals surface area contributed by atoms with Gasteiger partial charge in [-0.2, -0.15) is 8.42 Å². The van der Waals surface area contributed by atoms with Gasteiger partial charge < -0.3 is 0 Å². The lowest BCUT2D eigenvalue weighted by atomic mass is 10.1. The highest BCUT2D eigenvalue weighted by Gasteiger charge is 2.07. The van der Waals surface area contributed by atoms with Crippen LogP contribution < -0.4 is 0 Å². The number of hydrogen-bond donors (Lipinski definition) is 0. The summed E-state index contributed by atoms with van der Waals surface area (Å²) in [5.41, 5.74) is 2.38. The molecule has 5 heteroatoms. The molecule has 0 fully saturated rings. The Hall–Kier alpha value is -0.910. The van der Waals surface area contributed by atoms with E-state index in [0.29, 0.717) is 6.42 Å². The minimum absolute atomic E-state index is 0.143. The molecule has 0 amide bonds. The van der Waals surface area contributed by atoms with Crippen LogP contribution in [0, 0.1) is 6.92 Å². The van der Waals surface area contributed by atoms with Gasteiger partial charge >= 0.3 is 10.4 Å². The monoisotopic (exact) mass is 244 g/mol. The summed E-state index contributed by atoms with van der Waals surface area (Å²) >= 11 is 0. The molecule has 1 aromatic carbocycles. The largest absolute Gasteiger partial charge is 0.399 e. The Morgan fingerprint density at radius 3 is 2.38 bits per heavy atom. The van der Waals surface area contributed by atoms with Crippen LogP contribution in [0.3, 0.4) is 0 Å². The topological polar surface area (TPSA) is 52.6 Å². The molecule has 16 heavy (non-hydrogen) atoms. The van der Waals surface area contributed by atoms with Gasteiger partial charge in [0.1, 0.15) is 0 Å². The van der Waals surface area contributed by atoms with Crippen LogP contribution in [-0.4, -0.2) is 22.1 Å². The van der Waals surface area contributed by atoms with Gasteiger partial charge in [-0.25, -0.2) is 4.18 Å². The molecular formula is C11H16O4S. The highest BCUT2D eigenvalue weighted by molar-refractivity contribution is 7.81. The highest BCUT2D eigenvalue weighted by Crippen LogP contribution is 2.06. The van der Waals surface area contributed by atoms with Crippen LogP contribution in [0.5, 0.6) is 0 Å². The van der Waals surface area contributed by atoms with Gasteiger partial charge in [0, 0.05) is 0 Å². The van der Waals surface area contributed by atoms with Crippen molar-refractivity contribution in [3.63, 3.8) is 0 Å². The van der Waals surface area contributed by atoms with Gasteiger partial charge in [-0.05, 0) is 25.3 Å². The molecular weight excluding hydrogens is 228 g/mol. The summed E-state index contributed by atoms with van der Waals surface area (Å²) in [6, 6.07) is 8.12. The zero-order valence-electron chi connectivity index (χ0n) is 9.47. The van der Waals surface area contributed by atoms with Gasteiger partial charge in [0.15, 0.2) is 0 Å². The molecule has 90 valence electrons. The quantitative estimate of drug-likeness (QED) is 0.716. The van der Waals surface area contributed by atoms with E-state index in [-0.39, 0.29) is 6.61 Å². The maximum absolute atomic E-state index is 10.8. The van der Waals surface area contributed by atoms with Gasteiger partial charge in [-0.1, -0.05) is 29.8 Å². The fraction of sp³-hybridized carbons (Fsp3) is 0.455. The molecule has 4 nitrogen and oxygen atoms in total. The minimum Gasteiger partial charge on any atom is -0.252 e. The van der Waals surface area contributed by atoms with Crippen molar-refractivity contribution in [3.8, 4) is 0 Å². The third kappa shape index (κ3) is 4.74. The van der Waals surface area contributed by atoms with Crippen molar-refractivity contribution in [3.05, 3.63) is 35.4 Å². The molecule has 0 aliphatic heterocycles. The molecule has 0 bridgehead atoms. The third-order valence-electron chi connectivity index (χ3n) is 2.16. The van der Waals surface area contributed by atoms with Gasteiger partial charge in [-0.3, -0.25) is 4.18 Å². The average molecular weight is 244 g/mol. The SMILES string of the molecule is COS(=O)(=O)OCCCc1ccc(C)cc1. The van der Waals surface area contributed by atoms with Gasteiger partial charge in [0.2, 0.25) is 0 Å². The number of aryl methyl sites for hydroxylation is 2. The molecule has 0 aliphatic carbocycles. The van der Waals surface area contributed by atoms with E-state index in [1.807, 2.05) is 31.2 Å². The van der Waals surface area contributed by atoms with E-state index < -0.39 is 10.4 Å². The molecule has 0 unspecified atom stereocenters. The van der Waals surface area contributed by atoms with Crippen LogP contribution in [0.1, 0.15) is 17.5 Å². The summed E-state index contributed by atoms with van der Waals surface area (Å²) < 4.78 is 30.4. The fourth-order valence-corrected chi connectivity index (χ4v) is 1.66. The molecule has 0 atom stereocenters. The predicted molar refractivity (Wildman–Crippen MR) is 61.4 cm³/mol. The van der Waals surface area contributed by atoms with Crippen molar-refractivity contribution in [2.75, 3.05) is 13.7 Å². The summed E-state index contributed by atoms with van der Waals surface area (Å²) in [5, 5.41) is 0. The van der Waals surface area contributed by atoms with Crippen molar-refractivity contribution < 1.29 is 16.8 Å². The van der Waals surface area contributed by atoms with E-state index in [1.165, 1.54) is 11.1 Å². The first-order valence-corrected chi connectivity index (χ1v) is 6.37. The van der Waals surface area contributed by atoms with E-state index in [1.54, 1.807) is 0 Å². The second kappa shape index (κ2) is 5.98. The molecule has 0 heterocycles. The van der Waals surface area contributed by atoms with Crippen molar-refractivity contribution in [2.45, 2.75) is 19.8 Å². The Bertz CT molecular complexity index is 408. The third-order valence-corrected chi connectivity index (χ3v) is 3.03. The lowest BCUT2D eigenvalue weighted by Gasteiger charge is -2.03. The van der Waals surface area contributed by atoms with Crippen LogP contribution in [0.2, 0.25) is 0 Å². The van der Waals surface area contributed by atoms with Crippen molar-refractivity contribution in [2.24, 2.45) is 0 Å². The molecule has 0 radical (unpaired) electrons. The second-order valence-corrected chi connectivity index (χ2v) is 4.87. The Labute approximate surface area is 96.5 Å².